The van der Waals surface area contributed by atoms with Crippen LogP contribution in [-0.2, 0) is 10.0 Å². The van der Waals surface area contributed by atoms with E-state index in [1.807, 2.05) is 13.8 Å². The first kappa shape index (κ1) is 18.7. The summed E-state index contributed by atoms with van der Waals surface area (Å²) in [6.07, 6.45) is 2.69. The fourth-order valence-electron chi connectivity index (χ4n) is 2.18. The molecule has 25 heavy (non-hydrogen) atoms. The topological polar surface area (TPSA) is 100 Å². The number of carbonyl (C=O) groups excluding carboxylic acids is 1. The van der Waals surface area contributed by atoms with Crippen LogP contribution < -0.4 is 15.4 Å². The molecule has 0 radical (unpaired) electrons. The zero-order valence-corrected chi connectivity index (χ0v) is 15.4. The SMILES string of the molecule is Cc1ccc(NC(=O)c2cccnc2NC(C)C)cc1NS(C)(=O)=O. The van der Waals surface area contributed by atoms with E-state index in [4.69, 9.17) is 0 Å². The van der Waals surface area contributed by atoms with Crippen molar-refractivity contribution in [3.63, 3.8) is 0 Å². The van der Waals surface area contributed by atoms with Gasteiger partial charge in [-0.3, -0.25) is 9.52 Å². The maximum absolute atomic E-state index is 12.6. The first-order valence-electron chi connectivity index (χ1n) is 7.77. The molecule has 7 nitrogen and oxygen atoms in total. The van der Waals surface area contributed by atoms with E-state index < -0.39 is 10.0 Å². The first-order valence-corrected chi connectivity index (χ1v) is 9.66. The molecule has 134 valence electrons. The lowest BCUT2D eigenvalue weighted by atomic mass is 10.1. The molecule has 0 saturated carbocycles. The Morgan fingerprint density at radius 2 is 1.92 bits per heavy atom. The van der Waals surface area contributed by atoms with Gasteiger partial charge in [-0.2, -0.15) is 0 Å². The largest absolute Gasteiger partial charge is 0.367 e. The number of nitrogens with zero attached hydrogens (tertiary/aromatic N) is 1. The van der Waals surface area contributed by atoms with Crippen molar-refractivity contribution in [2.45, 2.75) is 26.8 Å². The smallest absolute Gasteiger partial charge is 0.259 e. The Morgan fingerprint density at radius 1 is 1.20 bits per heavy atom. The highest BCUT2D eigenvalue weighted by Gasteiger charge is 2.14. The lowest BCUT2D eigenvalue weighted by molar-refractivity contribution is 0.102. The van der Waals surface area contributed by atoms with Crippen LogP contribution in [0.25, 0.3) is 0 Å². The van der Waals surface area contributed by atoms with Crippen molar-refractivity contribution in [3.8, 4) is 0 Å². The van der Waals surface area contributed by atoms with Gasteiger partial charge in [0.05, 0.1) is 17.5 Å². The maximum atomic E-state index is 12.6. The van der Waals surface area contributed by atoms with Gasteiger partial charge in [0.25, 0.3) is 5.91 Å². The zero-order chi connectivity index (χ0) is 18.6. The number of carbonyl (C=O) groups is 1. The molecule has 0 atom stereocenters. The molecule has 0 saturated heterocycles. The first-order chi connectivity index (χ1) is 11.7. The molecule has 0 aliphatic rings. The number of aromatic nitrogens is 1. The Labute approximate surface area is 147 Å². The van der Waals surface area contributed by atoms with Crippen LogP contribution in [0.3, 0.4) is 0 Å². The summed E-state index contributed by atoms with van der Waals surface area (Å²) in [6.45, 7) is 5.70. The molecule has 1 amide bonds. The minimum absolute atomic E-state index is 0.131. The minimum Gasteiger partial charge on any atom is -0.367 e. The molecule has 0 spiro atoms. The van der Waals surface area contributed by atoms with E-state index in [1.165, 1.54) is 0 Å². The van der Waals surface area contributed by atoms with Crippen molar-refractivity contribution < 1.29 is 13.2 Å². The van der Waals surface area contributed by atoms with Gasteiger partial charge in [0.15, 0.2) is 0 Å². The predicted octanol–water partition coefficient (Wildman–Crippen LogP) is 2.83. The van der Waals surface area contributed by atoms with Crippen molar-refractivity contribution in [1.82, 2.24) is 4.98 Å². The second-order valence-corrected chi connectivity index (χ2v) is 7.81. The molecule has 1 aromatic heterocycles. The molecule has 1 heterocycles. The van der Waals surface area contributed by atoms with Gasteiger partial charge in [-0.25, -0.2) is 13.4 Å². The van der Waals surface area contributed by atoms with E-state index in [0.29, 0.717) is 22.8 Å². The monoisotopic (exact) mass is 362 g/mol. The molecule has 0 aliphatic carbocycles. The van der Waals surface area contributed by atoms with Gasteiger partial charge in [-0.15, -0.1) is 0 Å². The molecular formula is C17H22N4O3S. The fraction of sp³-hybridized carbons (Fsp3) is 0.294. The average molecular weight is 362 g/mol. The van der Waals surface area contributed by atoms with Gasteiger partial charge in [0.2, 0.25) is 10.0 Å². The summed E-state index contributed by atoms with van der Waals surface area (Å²) in [5.41, 5.74) is 2.08. The standard InChI is InChI=1S/C17H22N4O3S/c1-11(2)19-16-14(6-5-9-18-16)17(22)20-13-8-7-12(3)15(10-13)21-25(4,23)24/h5-11,21H,1-4H3,(H,18,19)(H,20,22). The van der Waals surface area contributed by atoms with Crippen LogP contribution in [0.15, 0.2) is 36.5 Å². The summed E-state index contributed by atoms with van der Waals surface area (Å²) >= 11 is 0. The van der Waals surface area contributed by atoms with E-state index >= 15 is 0 Å². The average Bonchev–Trinajstić information content (AvgIpc) is 2.49. The van der Waals surface area contributed by atoms with Crippen LogP contribution in [0.5, 0.6) is 0 Å². The highest BCUT2D eigenvalue weighted by Crippen LogP contribution is 2.22. The van der Waals surface area contributed by atoms with Crippen molar-refractivity contribution in [2.24, 2.45) is 0 Å². The molecule has 0 aliphatic heterocycles. The Hall–Kier alpha value is -2.61. The highest BCUT2D eigenvalue weighted by molar-refractivity contribution is 7.92. The van der Waals surface area contributed by atoms with E-state index in [0.717, 1.165) is 11.8 Å². The van der Waals surface area contributed by atoms with Crippen LogP contribution >= 0.6 is 0 Å². The second kappa shape index (κ2) is 7.52. The highest BCUT2D eigenvalue weighted by atomic mass is 32.2. The van der Waals surface area contributed by atoms with Gasteiger partial charge in [0.1, 0.15) is 5.82 Å². The second-order valence-electron chi connectivity index (χ2n) is 6.06. The maximum Gasteiger partial charge on any atom is 0.259 e. The van der Waals surface area contributed by atoms with E-state index in [2.05, 4.69) is 20.3 Å². The Bertz CT molecular complexity index is 879. The van der Waals surface area contributed by atoms with Crippen LogP contribution in [0, 0.1) is 6.92 Å². The third kappa shape index (κ3) is 5.46. The lowest BCUT2D eigenvalue weighted by Crippen LogP contribution is -2.19. The number of hydrogen-bond donors (Lipinski definition) is 3. The number of benzene rings is 1. The van der Waals surface area contributed by atoms with Gasteiger partial charge in [-0.1, -0.05) is 6.07 Å². The number of aryl methyl sites for hydroxylation is 1. The van der Waals surface area contributed by atoms with Crippen molar-refractivity contribution in [1.29, 1.82) is 0 Å². The van der Waals surface area contributed by atoms with Crippen LogP contribution in [0.1, 0.15) is 29.8 Å². The summed E-state index contributed by atoms with van der Waals surface area (Å²) in [7, 11) is -3.40. The summed E-state index contributed by atoms with van der Waals surface area (Å²) in [4.78, 5) is 16.8. The number of sulfonamides is 1. The van der Waals surface area contributed by atoms with Crippen LogP contribution in [-0.4, -0.2) is 31.6 Å². The number of hydrogen-bond acceptors (Lipinski definition) is 5. The third-order valence-electron chi connectivity index (χ3n) is 3.27. The number of amides is 1. The predicted molar refractivity (Wildman–Crippen MR) is 101 cm³/mol. The quantitative estimate of drug-likeness (QED) is 0.734. The number of nitrogens with one attached hydrogen (secondary N) is 3. The Morgan fingerprint density at radius 3 is 2.56 bits per heavy atom. The summed E-state index contributed by atoms with van der Waals surface area (Å²) in [5.74, 6) is 0.169. The van der Waals surface area contributed by atoms with Gasteiger partial charge < -0.3 is 10.6 Å². The minimum atomic E-state index is -3.40. The number of pyridine rings is 1. The van der Waals surface area contributed by atoms with Crippen molar-refractivity contribution in [3.05, 3.63) is 47.7 Å². The van der Waals surface area contributed by atoms with Gasteiger partial charge in [-0.05, 0) is 50.6 Å². The molecular weight excluding hydrogens is 340 g/mol. The van der Waals surface area contributed by atoms with E-state index in [-0.39, 0.29) is 11.9 Å². The molecule has 2 rings (SSSR count). The molecule has 2 aromatic rings. The zero-order valence-electron chi connectivity index (χ0n) is 14.6. The van der Waals surface area contributed by atoms with Crippen molar-refractivity contribution in [2.75, 3.05) is 21.6 Å². The molecule has 0 bridgehead atoms. The summed E-state index contributed by atoms with van der Waals surface area (Å²) in [5, 5.41) is 5.90. The van der Waals surface area contributed by atoms with Gasteiger partial charge >= 0.3 is 0 Å². The van der Waals surface area contributed by atoms with Crippen molar-refractivity contribution >= 4 is 33.1 Å². The fourth-order valence-corrected chi connectivity index (χ4v) is 2.80. The van der Waals surface area contributed by atoms with E-state index in [1.54, 1.807) is 43.5 Å². The molecule has 0 fully saturated rings. The summed E-state index contributed by atoms with van der Waals surface area (Å²) < 4.78 is 25.3. The third-order valence-corrected chi connectivity index (χ3v) is 3.86. The van der Waals surface area contributed by atoms with Crippen LogP contribution in [0.2, 0.25) is 0 Å². The Kier molecular flexibility index (Phi) is 5.63. The normalized spacial score (nSPS) is 11.2. The molecule has 3 N–H and O–H groups in total. The number of anilines is 3. The molecule has 0 unspecified atom stereocenters. The van der Waals surface area contributed by atoms with Gasteiger partial charge in [0, 0.05) is 17.9 Å². The molecule has 1 aromatic carbocycles. The molecule has 8 heteroatoms. The lowest BCUT2D eigenvalue weighted by Gasteiger charge is -2.14. The number of rotatable bonds is 6. The Balaban J connectivity index is 2.26. The van der Waals surface area contributed by atoms with E-state index in [9.17, 15) is 13.2 Å². The van der Waals surface area contributed by atoms with Crippen LogP contribution in [0.4, 0.5) is 17.2 Å². The summed E-state index contributed by atoms with van der Waals surface area (Å²) in [6, 6.07) is 8.53.